The highest BCUT2D eigenvalue weighted by Gasteiger charge is 2.26. The number of nitrogens with zero attached hydrogens (tertiary/aromatic N) is 2. The summed E-state index contributed by atoms with van der Waals surface area (Å²) in [5, 5.41) is 1.54. The number of hydrogen-bond acceptors (Lipinski definition) is 2. The number of benzene rings is 1. The molecule has 0 amide bonds. The van der Waals surface area contributed by atoms with Crippen LogP contribution in [-0.2, 0) is 5.41 Å². The lowest BCUT2D eigenvalue weighted by Gasteiger charge is -2.36. The second kappa shape index (κ2) is 7.35. The van der Waals surface area contributed by atoms with Crippen molar-refractivity contribution in [3.63, 3.8) is 0 Å². The van der Waals surface area contributed by atoms with Gasteiger partial charge in [-0.2, -0.15) is 0 Å². The van der Waals surface area contributed by atoms with Gasteiger partial charge in [-0.05, 0) is 44.7 Å². The first-order chi connectivity index (χ1) is 9.81. The predicted octanol–water partition coefficient (Wildman–Crippen LogP) is 2.67. The third-order valence-electron chi connectivity index (χ3n) is 4.30. The summed E-state index contributed by atoms with van der Waals surface area (Å²) in [6.45, 7) is 20.3. The molecule has 1 aromatic rings. The molecule has 0 radical (unpaired) electrons. The second-order valence-electron chi connectivity index (χ2n) is 6.72. The van der Waals surface area contributed by atoms with Gasteiger partial charge in [0.1, 0.15) is 0 Å². The van der Waals surface area contributed by atoms with E-state index in [0.717, 1.165) is 36.4 Å². The maximum Gasteiger partial charge on any atom is 0.0640 e. The molecule has 0 saturated heterocycles. The van der Waals surface area contributed by atoms with E-state index in [9.17, 15) is 0 Å². The standard InChI is InChI=1S/C18H34N2Si/c1-8-19(9-2)14-12-13-15(21)16(18(5,6)7)17(14)20(10-3)11-4/h12-13H,8-11H2,1-7,21H3. The van der Waals surface area contributed by atoms with Crippen molar-refractivity contribution in [2.45, 2.75) is 53.9 Å². The Morgan fingerprint density at radius 1 is 0.857 bits per heavy atom. The second-order valence-corrected chi connectivity index (χ2v) is 7.80. The summed E-state index contributed by atoms with van der Waals surface area (Å²) in [4.78, 5) is 5.03. The van der Waals surface area contributed by atoms with Crippen LogP contribution in [0.4, 0.5) is 11.4 Å². The Morgan fingerprint density at radius 3 is 1.71 bits per heavy atom. The van der Waals surface area contributed by atoms with Crippen LogP contribution in [0, 0.1) is 0 Å². The summed E-state index contributed by atoms with van der Waals surface area (Å²) in [7, 11) is 1.11. The van der Waals surface area contributed by atoms with E-state index in [4.69, 9.17) is 0 Å². The Labute approximate surface area is 135 Å². The summed E-state index contributed by atoms with van der Waals surface area (Å²) in [6, 6.07) is 4.70. The predicted molar refractivity (Wildman–Crippen MR) is 102 cm³/mol. The van der Waals surface area contributed by atoms with Gasteiger partial charge in [0.05, 0.1) is 11.4 Å². The van der Waals surface area contributed by atoms with Crippen LogP contribution in [0.5, 0.6) is 0 Å². The van der Waals surface area contributed by atoms with Gasteiger partial charge in [0, 0.05) is 36.4 Å². The smallest absolute Gasteiger partial charge is 0.0640 e. The molecule has 0 N–H and O–H groups in total. The first-order valence-electron chi connectivity index (χ1n) is 8.45. The molecule has 1 rings (SSSR count). The first kappa shape index (κ1) is 18.1. The zero-order chi connectivity index (χ0) is 16.2. The van der Waals surface area contributed by atoms with Crippen molar-refractivity contribution in [3.05, 3.63) is 17.7 Å². The quantitative estimate of drug-likeness (QED) is 0.746. The molecule has 21 heavy (non-hydrogen) atoms. The van der Waals surface area contributed by atoms with Crippen LogP contribution in [0.1, 0.15) is 54.0 Å². The van der Waals surface area contributed by atoms with Crippen molar-refractivity contribution in [3.8, 4) is 0 Å². The highest BCUT2D eigenvalue weighted by molar-refractivity contribution is 6.34. The van der Waals surface area contributed by atoms with Crippen LogP contribution in [0.3, 0.4) is 0 Å². The van der Waals surface area contributed by atoms with E-state index in [1.165, 1.54) is 11.4 Å². The molecule has 2 nitrogen and oxygen atoms in total. The highest BCUT2D eigenvalue weighted by Crippen LogP contribution is 2.38. The van der Waals surface area contributed by atoms with Gasteiger partial charge in [-0.15, -0.1) is 0 Å². The summed E-state index contributed by atoms with van der Waals surface area (Å²) in [6.07, 6.45) is 0. The van der Waals surface area contributed by atoms with Crippen LogP contribution in [0.15, 0.2) is 12.1 Å². The van der Waals surface area contributed by atoms with Gasteiger partial charge >= 0.3 is 0 Å². The third kappa shape index (κ3) is 3.82. The van der Waals surface area contributed by atoms with E-state index in [2.05, 4.69) is 70.4 Å². The van der Waals surface area contributed by atoms with Gasteiger partial charge in [0.15, 0.2) is 0 Å². The molecule has 0 aliphatic carbocycles. The molecular formula is C18H34N2Si. The molecule has 0 fully saturated rings. The highest BCUT2D eigenvalue weighted by atomic mass is 28.1. The van der Waals surface area contributed by atoms with Crippen LogP contribution >= 0.6 is 0 Å². The van der Waals surface area contributed by atoms with E-state index < -0.39 is 0 Å². The van der Waals surface area contributed by atoms with Crippen molar-refractivity contribution in [2.75, 3.05) is 36.0 Å². The third-order valence-corrected chi connectivity index (χ3v) is 5.13. The lowest BCUT2D eigenvalue weighted by Crippen LogP contribution is -2.34. The minimum atomic E-state index is 0.193. The molecule has 0 atom stereocenters. The van der Waals surface area contributed by atoms with Gasteiger partial charge in [-0.1, -0.05) is 32.0 Å². The van der Waals surface area contributed by atoms with Crippen LogP contribution < -0.4 is 15.0 Å². The lowest BCUT2D eigenvalue weighted by atomic mass is 9.84. The van der Waals surface area contributed by atoms with E-state index in [1.54, 1.807) is 10.8 Å². The van der Waals surface area contributed by atoms with Crippen molar-refractivity contribution in [1.82, 2.24) is 0 Å². The fourth-order valence-electron chi connectivity index (χ4n) is 3.31. The Hall–Kier alpha value is -0.963. The van der Waals surface area contributed by atoms with Gasteiger partial charge < -0.3 is 9.80 Å². The molecule has 0 unspecified atom stereocenters. The van der Waals surface area contributed by atoms with Crippen molar-refractivity contribution in [2.24, 2.45) is 0 Å². The number of anilines is 2. The molecule has 3 heteroatoms. The van der Waals surface area contributed by atoms with Crippen LogP contribution in [0.2, 0.25) is 0 Å². The normalized spacial score (nSPS) is 11.8. The molecule has 0 saturated carbocycles. The van der Waals surface area contributed by atoms with Crippen molar-refractivity contribution >= 4 is 26.8 Å². The van der Waals surface area contributed by atoms with Gasteiger partial charge in [0.2, 0.25) is 0 Å². The van der Waals surface area contributed by atoms with Crippen LogP contribution in [-0.4, -0.2) is 36.4 Å². The molecule has 0 aliphatic rings. The fourth-order valence-corrected chi connectivity index (χ4v) is 4.46. The average molecular weight is 307 g/mol. The molecule has 0 aliphatic heterocycles. The van der Waals surface area contributed by atoms with Gasteiger partial charge in [-0.3, -0.25) is 0 Å². The van der Waals surface area contributed by atoms with E-state index >= 15 is 0 Å². The molecular weight excluding hydrogens is 272 g/mol. The number of rotatable bonds is 6. The fraction of sp³-hybridized carbons (Fsp3) is 0.667. The minimum Gasteiger partial charge on any atom is -0.370 e. The Balaban J connectivity index is 3.66. The largest absolute Gasteiger partial charge is 0.370 e. The summed E-state index contributed by atoms with van der Waals surface area (Å²) >= 11 is 0. The topological polar surface area (TPSA) is 6.48 Å². The van der Waals surface area contributed by atoms with Crippen molar-refractivity contribution in [1.29, 1.82) is 0 Å². The monoisotopic (exact) mass is 306 g/mol. The van der Waals surface area contributed by atoms with E-state index in [-0.39, 0.29) is 5.41 Å². The van der Waals surface area contributed by atoms with E-state index in [1.807, 2.05) is 0 Å². The first-order valence-corrected chi connectivity index (χ1v) is 9.45. The number of hydrogen-bond donors (Lipinski definition) is 0. The SMILES string of the molecule is CCN(CC)c1ccc([SiH3])c(C(C)(C)C)c1N(CC)CC. The molecule has 0 bridgehead atoms. The van der Waals surface area contributed by atoms with Crippen LogP contribution in [0.25, 0.3) is 0 Å². The van der Waals surface area contributed by atoms with Gasteiger partial charge in [0.25, 0.3) is 0 Å². The molecule has 120 valence electrons. The minimum absolute atomic E-state index is 0.193. The Bertz CT molecular complexity index is 455. The average Bonchev–Trinajstić information content (AvgIpc) is 2.42. The Kier molecular flexibility index (Phi) is 6.33. The summed E-state index contributed by atoms with van der Waals surface area (Å²) in [5.74, 6) is 0. The maximum atomic E-state index is 2.54. The lowest BCUT2D eigenvalue weighted by molar-refractivity contribution is 0.591. The zero-order valence-corrected chi connectivity index (χ0v) is 17.4. The Morgan fingerprint density at radius 2 is 1.33 bits per heavy atom. The van der Waals surface area contributed by atoms with E-state index in [0.29, 0.717) is 0 Å². The molecule has 1 aromatic carbocycles. The molecule has 0 spiro atoms. The summed E-state index contributed by atoms with van der Waals surface area (Å²) in [5.41, 5.74) is 4.64. The van der Waals surface area contributed by atoms with Crippen molar-refractivity contribution < 1.29 is 0 Å². The zero-order valence-electron chi connectivity index (χ0n) is 15.4. The molecule has 0 aromatic heterocycles. The maximum absolute atomic E-state index is 2.54. The molecule has 0 heterocycles. The summed E-state index contributed by atoms with van der Waals surface area (Å²) < 4.78 is 0. The van der Waals surface area contributed by atoms with Gasteiger partial charge in [-0.25, -0.2) is 0 Å².